The van der Waals surface area contributed by atoms with Crippen molar-refractivity contribution in [1.29, 1.82) is 0 Å². The first-order chi connectivity index (χ1) is 17.0. The topological polar surface area (TPSA) is 91.1 Å². The summed E-state index contributed by atoms with van der Waals surface area (Å²) in [5.74, 6) is -0.323. The number of nitro groups is 1. The molecule has 8 heteroatoms. The van der Waals surface area contributed by atoms with Crippen molar-refractivity contribution in [2.24, 2.45) is 5.10 Å². The molecule has 3 aromatic carbocycles. The average Bonchev–Trinajstić information content (AvgIpc) is 2.89. The van der Waals surface area contributed by atoms with Crippen LogP contribution >= 0.6 is 0 Å². The minimum atomic E-state index is -0.457. The number of nitro benzene ring substituents is 1. The molecule has 1 aliphatic rings. The molecule has 1 saturated heterocycles. The Hall–Kier alpha value is -3.88. The molecule has 1 heterocycles. The normalized spacial score (nSPS) is 15.1. The lowest BCUT2D eigenvalue weighted by atomic mass is 10.1. The number of hydrogen-bond donors (Lipinski definition) is 1. The Kier molecular flexibility index (Phi) is 7.97. The van der Waals surface area contributed by atoms with Crippen LogP contribution in [0.5, 0.6) is 0 Å². The van der Waals surface area contributed by atoms with Gasteiger partial charge in [-0.3, -0.25) is 24.7 Å². The maximum absolute atomic E-state index is 12.5. The zero-order valence-electron chi connectivity index (χ0n) is 19.8. The lowest BCUT2D eigenvalue weighted by molar-refractivity contribution is -0.384. The SMILES string of the molecule is C/C(=N/NC(=O)c1ccc(CN2CCN(Cc3ccccc3)CC2)cc1)c1cccc([N+](=O)[O-])c1. The number of benzene rings is 3. The molecule has 4 rings (SSSR count). The summed E-state index contributed by atoms with van der Waals surface area (Å²) >= 11 is 0. The van der Waals surface area contributed by atoms with Crippen LogP contribution in [0, 0.1) is 10.1 Å². The summed E-state index contributed by atoms with van der Waals surface area (Å²) in [7, 11) is 0. The summed E-state index contributed by atoms with van der Waals surface area (Å²) < 4.78 is 0. The molecule has 0 aliphatic carbocycles. The largest absolute Gasteiger partial charge is 0.297 e. The standard InChI is InChI=1S/C27H29N5O3/c1-21(25-8-5-9-26(18-25)32(34)35)28-29-27(33)24-12-10-23(11-13-24)20-31-16-14-30(15-17-31)19-22-6-3-2-4-7-22/h2-13,18H,14-17,19-20H2,1H3,(H,29,33)/b28-21-. The van der Waals surface area contributed by atoms with Gasteiger partial charge in [0.05, 0.1) is 10.6 Å². The molecule has 0 bridgehead atoms. The molecule has 8 nitrogen and oxygen atoms in total. The second-order valence-electron chi connectivity index (χ2n) is 8.68. The third-order valence-electron chi connectivity index (χ3n) is 6.14. The van der Waals surface area contributed by atoms with E-state index in [1.54, 1.807) is 31.2 Å². The molecule has 180 valence electrons. The minimum Gasteiger partial charge on any atom is -0.297 e. The van der Waals surface area contributed by atoms with E-state index in [4.69, 9.17) is 0 Å². The molecule has 1 N–H and O–H groups in total. The van der Waals surface area contributed by atoms with Crippen molar-refractivity contribution in [3.05, 3.63) is 111 Å². The predicted octanol–water partition coefficient (Wildman–Crippen LogP) is 4.07. The van der Waals surface area contributed by atoms with Crippen LogP contribution in [0.4, 0.5) is 5.69 Å². The molecule has 0 spiro atoms. The van der Waals surface area contributed by atoms with Gasteiger partial charge in [-0.15, -0.1) is 0 Å². The van der Waals surface area contributed by atoms with E-state index in [-0.39, 0.29) is 11.6 Å². The van der Waals surface area contributed by atoms with Gasteiger partial charge >= 0.3 is 0 Å². The first kappa shape index (κ1) is 24.3. The number of hydrazone groups is 1. The van der Waals surface area contributed by atoms with Crippen molar-refractivity contribution >= 4 is 17.3 Å². The Bertz CT molecular complexity index is 1190. The number of non-ortho nitro benzene ring substituents is 1. The number of nitrogens with zero attached hydrogens (tertiary/aromatic N) is 4. The number of carbonyl (C=O) groups is 1. The lowest BCUT2D eigenvalue weighted by Gasteiger charge is -2.34. The summed E-state index contributed by atoms with van der Waals surface area (Å²) in [6.07, 6.45) is 0. The fourth-order valence-electron chi connectivity index (χ4n) is 4.08. The van der Waals surface area contributed by atoms with Crippen molar-refractivity contribution in [2.45, 2.75) is 20.0 Å². The van der Waals surface area contributed by atoms with Crippen LogP contribution in [-0.4, -0.2) is 52.5 Å². The Morgan fingerprint density at radius 3 is 2.06 bits per heavy atom. The van der Waals surface area contributed by atoms with Gasteiger partial charge < -0.3 is 0 Å². The van der Waals surface area contributed by atoms with Crippen LogP contribution in [-0.2, 0) is 13.1 Å². The molecular weight excluding hydrogens is 442 g/mol. The molecule has 0 saturated carbocycles. The first-order valence-electron chi connectivity index (χ1n) is 11.6. The van der Waals surface area contributed by atoms with Crippen molar-refractivity contribution in [3.8, 4) is 0 Å². The number of piperazine rings is 1. The van der Waals surface area contributed by atoms with Gasteiger partial charge in [0.2, 0.25) is 0 Å². The molecule has 0 aromatic heterocycles. The highest BCUT2D eigenvalue weighted by Gasteiger charge is 2.17. The molecule has 1 fully saturated rings. The zero-order valence-corrected chi connectivity index (χ0v) is 19.8. The van der Waals surface area contributed by atoms with Gasteiger partial charge in [-0.25, -0.2) is 5.43 Å². The van der Waals surface area contributed by atoms with E-state index in [1.807, 2.05) is 18.2 Å². The predicted molar refractivity (Wildman–Crippen MR) is 136 cm³/mol. The Balaban J connectivity index is 1.26. The van der Waals surface area contributed by atoms with E-state index in [0.717, 1.165) is 44.8 Å². The Morgan fingerprint density at radius 2 is 1.46 bits per heavy atom. The van der Waals surface area contributed by atoms with Gasteiger partial charge in [-0.2, -0.15) is 5.10 Å². The molecule has 35 heavy (non-hydrogen) atoms. The number of hydrogen-bond acceptors (Lipinski definition) is 6. The summed E-state index contributed by atoms with van der Waals surface area (Å²) in [4.78, 5) is 27.9. The summed E-state index contributed by atoms with van der Waals surface area (Å²) in [6.45, 7) is 7.64. The zero-order chi connectivity index (χ0) is 24.6. The van der Waals surface area contributed by atoms with Gasteiger partial charge in [0.25, 0.3) is 11.6 Å². The van der Waals surface area contributed by atoms with Crippen LogP contribution < -0.4 is 5.43 Å². The van der Waals surface area contributed by atoms with Crippen molar-refractivity contribution < 1.29 is 9.72 Å². The Morgan fingerprint density at radius 1 is 0.857 bits per heavy atom. The number of amides is 1. The highest BCUT2D eigenvalue weighted by Crippen LogP contribution is 2.15. The van der Waals surface area contributed by atoms with E-state index >= 15 is 0 Å². The molecule has 0 atom stereocenters. The maximum Gasteiger partial charge on any atom is 0.271 e. The lowest BCUT2D eigenvalue weighted by Crippen LogP contribution is -2.45. The fraction of sp³-hybridized carbons (Fsp3) is 0.259. The summed E-state index contributed by atoms with van der Waals surface area (Å²) in [5, 5.41) is 15.1. The number of nitrogens with one attached hydrogen (secondary N) is 1. The van der Waals surface area contributed by atoms with Gasteiger partial charge in [0.1, 0.15) is 0 Å². The van der Waals surface area contributed by atoms with Crippen LogP contribution in [0.2, 0.25) is 0 Å². The fourth-order valence-corrected chi connectivity index (χ4v) is 4.08. The van der Waals surface area contributed by atoms with Crippen molar-refractivity contribution in [3.63, 3.8) is 0 Å². The maximum atomic E-state index is 12.5. The third kappa shape index (κ3) is 6.81. The second kappa shape index (κ2) is 11.5. The van der Waals surface area contributed by atoms with Crippen LogP contribution in [0.25, 0.3) is 0 Å². The minimum absolute atomic E-state index is 0.0171. The van der Waals surface area contributed by atoms with Crippen LogP contribution in [0.1, 0.15) is 34.0 Å². The van der Waals surface area contributed by atoms with E-state index in [2.05, 4.69) is 44.6 Å². The molecular formula is C27H29N5O3. The first-order valence-corrected chi connectivity index (χ1v) is 11.6. The van der Waals surface area contributed by atoms with E-state index < -0.39 is 4.92 Å². The number of rotatable bonds is 8. The van der Waals surface area contributed by atoms with E-state index in [1.165, 1.54) is 17.7 Å². The second-order valence-corrected chi connectivity index (χ2v) is 8.68. The number of carbonyl (C=O) groups excluding carboxylic acids is 1. The molecule has 3 aromatic rings. The molecule has 1 aliphatic heterocycles. The highest BCUT2D eigenvalue weighted by atomic mass is 16.6. The smallest absolute Gasteiger partial charge is 0.271 e. The molecule has 0 unspecified atom stereocenters. The Labute approximate surface area is 205 Å². The van der Waals surface area contributed by atoms with Gasteiger partial charge in [0, 0.05) is 62.5 Å². The summed E-state index contributed by atoms with van der Waals surface area (Å²) in [5.41, 5.74) is 6.61. The average molecular weight is 472 g/mol. The van der Waals surface area contributed by atoms with Crippen LogP contribution in [0.3, 0.4) is 0 Å². The van der Waals surface area contributed by atoms with Gasteiger partial charge in [-0.05, 0) is 30.2 Å². The quantitative estimate of drug-likeness (QED) is 0.304. The van der Waals surface area contributed by atoms with Crippen molar-refractivity contribution in [1.82, 2.24) is 15.2 Å². The van der Waals surface area contributed by atoms with Gasteiger partial charge in [0.15, 0.2) is 0 Å². The molecule has 1 amide bonds. The monoisotopic (exact) mass is 471 g/mol. The summed E-state index contributed by atoms with van der Waals surface area (Å²) in [6, 6.07) is 24.3. The third-order valence-corrected chi connectivity index (χ3v) is 6.14. The van der Waals surface area contributed by atoms with E-state index in [9.17, 15) is 14.9 Å². The van der Waals surface area contributed by atoms with E-state index in [0.29, 0.717) is 16.8 Å². The highest BCUT2D eigenvalue weighted by molar-refractivity contribution is 6.01. The van der Waals surface area contributed by atoms with Crippen molar-refractivity contribution in [2.75, 3.05) is 26.2 Å². The van der Waals surface area contributed by atoms with Gasteiger partial charge in [-0.1, -0.05) is 54.6 Å². The van der Waals surface area contributed by atoms with Crippen LogP contribution in [0.15, 0.2) is 84.0 Å². The molecule has 0 radical (unpaired) electrons.